The summed E-state index contributed by atoms with van der Waals surface area (Å²) in [7, 11) is 2.03. The largest absolute Gasteiger partial charge is 0.444 e. The molecule has 1 amide bonds. The molecule has 1 rings (SSSR count). The van der Waals surface area contributed by atoms with Crippen LogP contribution in [0.25, 0.3) is 0 Å². The molecule has 0 aromatic heterocycles. The van der Waals surface area contributed by atoms with Gasteiger partial charge in [-0.2, -0.15) is 0 Å². The van der Waals surface area contributed by atoms with E-state index in [9.17, 15) is 4.79 Å². The smallest absolute Gasteiger partial charge is 0.407 e. The van der Waals surface area contributed by atoms with Crippen molar-refractivity contribution >= 4 is 23.4 Å². The van der Waals surface area contributed by atoms with Gasteiger partial charge in [0.25, 0.3) is 0 Å². The van der Waals surface area contributed by atoms with E-state index < -0.39 is 11.7 Å². The molecule has 0 radical (unpaired) electrons. The average Bonchev–Trinajstić information content (AvgIpc) is 2.56. The number of carbonyl (C=O) groups excluding carboxylic acids is 1. The number of alkyl carbamates (subject to hydrolysis) is 1. The number of nitrogens with zero attached hydrogens (tertiary/aromatic N) is 1. The van der Waals surface area contributed by atoms with E-state index in [1.807, 2.05) is 27.8 Å². The lowest BCUT2D eigenvalue weighted by Gasteiger charge is -2.19. The average molecular weight is 386 g/mol. The molecule has 0 saturated carbocycles. The van der Waals surface area contributed by atoms with Crippen LogP contribution in [0.3, 0.4) is 0 Å². The first-order chi connectivity index (χ1) is 12.3. The van der Waals surface area contributed by atoms with Crippen LogP contribution in [-0.4, -0.2) is 57.5 Å². The van der Waals surface area contributed by atoms with Crippen LogP contribution in [0.1, 0.15) is 26.3 Å². The molecule has 0 bridgehead atoms. The minimum absolute atomic E-state index is 0.417. The zero-order valence-electron chi connectivity index (χ0n) is 16.3. The van der Waals surface area contributed by atoms with Crippen molar-refractivity contribution in [2.75, 3.05) is 50.7 Å². The van der Waals surface area contributed by atoms with E-state index in [-0.39, 0.29) is 0 Å². The van der Waals surface area contributed by atoms with E-state index in [1.165, 1.54) is 5.56 Å². The number of amides is 1. The maximum absolute atomic E-state index is 11.4. The third-order valence-electron chi connectivity index (χ3n) is 3.46. The number of carbonyl (C=O) groups is 1. The summed E-state index contributed by atoms with van der Waals surface area (Å²) in [4.78, 5) is 13.6. The highest BCUT2D eigenvalue weighted by atomic mass is 35.5. The van der Waals surface area contributed by atoms with Crippen LogP contribution in [0.5, 0.6) is 0 Å². The number of nitrogens with one attached hydrogen (secondary N) is 2. The molecule has 148 valence electrons. The van der Waals surface area contributed by atoms with Crippen molar-refractivity contribution in [3.63, 3.8) is 0 Å². The summed E-state index contributed by atoms with van der Waals surface area (Å²) in [6.45, 7) is 9.36. The highest BCUT2D eigenvalue weighted by Crippen LogP contribution is 2.13. The van der Waals surface area contributed by atoms with Gasteiger partial charge in [0, 0.05) is 44.8 Å². The Morgan fingerprint density at radius 1 is 1.15 bits per heavy atom. The summed E-state index contributed by atoms with van der Waals surface area (Å²) in [6.07, 6.45) is -0.417. The zero-order valence-corrected chi connectivity index (χ0v) is 17.1. The Bertz CT molecular complexity index is 518. The minimum Gasteiger partial charge on any atom is -0.444 e. The molecule has 0 heterocycles. The van der Waals surface area contributed by atoms with E-state index in [1.54, 1.807) is 0 Å². The number of halogens is 1. The third-order valence-corrected chi connectivity index (χ3v) is 3.63. The van der Waals surface area contributed by atoms with Crippen molar-refractivity contribution in [2.45, 2.75) is 32.9 Å². The second-order valence-electron chi connectivity index (χ2n) is 6.99. The first kappa shape index (κ1) is 22.5. The van der Waals surface area contributed by atoms with E-state index in [0.29, 0.717) is 25.6 Å². The van der Waals surface area contributed by atoms with Gasteiger partial charge in [0.15, 0.2) is 0 Å². The van der Waals surface area contributed by atoms with Crippen LogP contribution in [0.4, 0.5) is 10.5 Å². The van der Waals surface area contributed by atoms with Gasteiger partial charge in [-0.25, -0.2) is 4.79 Å². The summed E-state index contributed by atoms with van der Waals surface area (Å²) < 4.78 is 10.6. The molecule has 0 fully saturated rings. The number of alkyl halides is 1. The highest BCUT2D eigenvalue weighted by Gasteiger charge is 2.15. The second kappa shape index (κ2) is 12.0. The predicted molar refractivity (Wildman–Crippen MR) is 107 cm³/mol. The molecule has 1 aromatic carbocycles. The van der Waals surface area contributed by atoms with E-state index >= 15 is 0 Å². The fourth-order valence-corrected chi connectivity index (χ4v) is 2.40. The standard InChI is InChI=1S/C19H32ClN3O3/c1-19(2,3)26-18(24)22-11-14-25-13-10-21-15-16-5-7-17(8-6-16)23(4)12-9-20/h5-8,21H,9-15H2,1-4H3,(H,22,24). The molecule has 0 spiro atoms. The van der Waals surface area contributed by atoms with Gasteiger partial charge >= 0.3 is 6.09 Å². The minimum atomic E-state index is -0.480. The Balaban J connectivity index is 2.06. The quantitative estimate of drug-likeness (QED) is 0.453. The first-order valence-corrected chi connectivity index (χ1v) is 9.46. The number of hydrogen-bond donors (Lipinski definition) is 2. The maximum atomic E-state index is 11.4. The number of benzene rings is 1. The van der Waals surface area contributed by atoms with Crippen molar-refractivity contribution in [1.29, 1.82) is 0 Å². The molecule has 0 aliphatic carbocycles. The number of anilines is 1. The van der Waals surface area contributed by atoms with Gasteiger partial charge in [0.05, 0.1) is 13.2 Å². The lowest BCUT2D eigenvalue weighted by molar-refractivity contribution is 0.0500. The van der Waals surface area contributed by atoms with Crippen molar-refractivity contribution in [3.05, 3.63) is 29.8 Å². The van der Waals surface area contributed by atoms with Crippen molar-refractivity contribution in [2.24, 2.45) is 0 Å². The molecule has 1 aromatic rings. The molecule has 0 atom stereocenters. The SMILES string of the molecule is CN(CCCl)c1ccc(CNCCOCCNC(=O)OC(C)(C)C)cc1. The predicted octanol–water partition coefficient (Wildman–Crippen LogP) is 2.99. The maximum Gasteiger partial charge on any atom is 0.407 e. The van der Waals surface area contributed by atoms with E-state index in [4.69, 9.17) is 21.1 Å². The van der Waals surface area contributed by atoms with Crippen LogP contribution < -0.4 is 15.5 Å². The Labute approximate surface area is 162 Å². The Morgan fingerprint density at radius 2 is 1.81 bits per heavy atom. The summed E-state index contributed by atoms with van der Waals surface area (Å²) in [5.41, 5.74) is 1.90. The molecule has 0 aliphatic rings. The van der Waals surface area contributed by atoms with Crippen LogP contribution in [0.15, 0.2) is 24.3 Å². The molecule has 0 aliphatic heterocycles. The van der Waals surface area contributed by atoms with Gasteiger partial charge in [-0.05, 0) is 38.5 Å². The molecular formula is C19H32ClN3O3. The zero-order chi connectivity index (χ0) is 19.4. The van der Waals surface area contributed by atoms with Gasteiger partial charge in [0.1, 0.15) is 5.60 Å². The molecule has 7 heteroatoms. The molecule has 6 nitrogen and oxygen atoms in total. The van der Waals surface area contributed by atoms with Crippen LogP contribution in [0, 0.1) is 0 Å². The van der Waals surface area contributed by atoms with Crippen LogP contribution >= 0.6 is 11.6 Å². The van der Waals surface area contributed by atoms with E-state index in [0.717, 1.165) is 25.3 Å². The molecule has 0 saturated heterocycles. The third kappa shape index (κ3) is 10.5. The summed E-state index contributed by atoms with van der Waals surface area (Å²) in [6, 6.07) is 8.42. The van der Waals surface area contributed by atoms with Gasteiger partial charge in [-0.1, -0.05) is 12.1 Å². The fraction of sp³-hybridized carbons (Fsp3) is 0.632. The van der Waals surface area contributed by atoms with Gasteiger partial charge < -0.3 is 25.0 Å². The molecule has 2 N–H and O–H groups in total. The number of ether oxygens (including phenoxy) is 2. The molecule has 0 unspecified atom stereocenters. The van der Waals surface area contributed by atoms with Crippen molar-refractivity contribution in [1.82, 2.24) is 10.6 Å². The topological polar surface area (TPSA) is 62.8 Å². The van der Waals surface area contributed by atoms with Crippen molar-refractivity contribution < 1.29 is 14.3 Å². The first-order valence-electron chi connectivity index (χ1n) is 8.93. The highest BCUT2D eigenvalue weighted by molar-refractivity contribution is 6.18. The summed E-state index contributed by atoms with van der Waals surface area (Å²) >= 11 is 5.76. The fourth-order valence-electron chi connectivity index (χ4n) is 2.14. The molecular weight excluding hydrogens is 354 g/mol. The summed E-state index contributed by atoms with van der Waals surface area (Å²) in [5.74, 6) is 0.618. The summed E-state index contributed by atoms with van der Waals surface area (Å²) in [5, 5.41) is 5.99. The molecule has 26 heavy (non-hydrogen) atoms. The van der Waals surface area contributed by atoms with Gasteiger partial charge in [0.2, 0.25) is 0 Å². The Morgan fingerprint density at radius 3 is 2.42 bits per heavy atom. The normalized spacial score (nSPS) is 11.3. The van der Waals surface area contributed by atoms with Gasteiger partial charge in [-0.3, -0.25) is 0 Å². The Hall–Kier alpha value is -1.50. The van der Waals surface area contributed by atoms with Crippen LogP contribution in [0.2, 0.25) is 0 Å². The monoisotopic (exact) mass is 385 g/mol. The van der Waals surface area contributed by atoms with Gasteiger partial charge in [-0.15, -0.1) is 11.6 Å². The van der Waals surface area contributed by atoms with Crippen molar-refractivity contribution in [3.8, 4) is 0 Å². The Kier molecular flexibility index (Phi) is 10.4. The van der Waals surface area contributed by atoms with E-state index in [2.05, 4.69) is 39.8 Å². The number of hydrogen-bond acceptors (Lipinski definition) is 5. The lowest BCUT2D eigenvalue weighted by Crippen LogP contribution is -2.34. The second-order valence-corrected chi connectivity index (χ2v) is 7.37. The van der Waals surface area contributed by atoms with Crippen LogP contribution in [-0.2, 0) is 16.0 Å². The lowest BCUT2D eigenvalue weighted by atomic mass is 10.2. The number of rotatable bonds is 11.